The molecule has 1 aromatic carbocycles. The van der Waals surface area contributed by atoms with E-state index in [1.54, 1.807) is 4.68 Å². The molecule has 1 aliphatic heterocycles. The number of hydrogen-bond donors (Lipinski definition) is 3. The van der Waals surface area contributed by atoms with Gasteiger partial charge in [-0.2, -0.15) is 5.10 Å². The number of amides is 2. The number of ether oxygens (including phenoxy) is 1. The van der Waals surface area contributed by atoms with Crippen LogP contribution in [0, 0.1) is 19.8 Å². The van der Waals surface area contributed by atoms with E-state index in [1.807, 2.05) is 44.2 Å². The van der Waals surface area contributed by atoms with Crippen molar-refractivity contribution in [3.8, 4) is 5.69 Å². The number of anilines is 1. The summed E-state index contributed by atoms with van der Waals surface area (Å²) in [7, 11) is 0. The van der Waals surface area contributed by atoms with Crippen LogP contribution in [0.4, 0.5) is 10.6 Å². The zero-order chi connectivity index (χ0) is 17.6. The molecule has 1 saturated heterocycles. The molecule has 0 radical (unpaired) electrons. The Morgan fingerprint density at radius 3 is 3.00 bits per heavy atom. The van der Waals surface area contributed by atoms with E-state index in [2.05, 4.69) is 21.0 Å². The molecule has 1 unspecified atom stereocenters. The normalized spacial score (nSPS) is 17.1. The molecule has 0 bridgehead atoms. The molecular weight excluding hydrogens is 354 g/mol. The lowest BCUT2D eigenvalue weighted by molar-refractivity contribution is 0.123. The first kappa shape index (κ1) is 20.2. The zero-order valence-electron chi connectivity index (χ0n) is 15.1. The van der Waals surface area contributed by atoms with Crippen LogP contribution in [0.25, 0.3) is 5.69 Å². The van der Waals surface area contributed by atoms with Gasteiger partial charge in [0.15, 0.2) is 0 Å². The molecule has 1 aromatic heterocycles. The predicted octanol–water partition coefficient (Wildman–Crippen LogP) is 2.27. The summed E-state index contributed by atoms with van der Waals surface area (Å²) in [5.41, 5.74) is 2.89. The van der Waals surface area contributed by atoms with E-state index >= 15 is 0 Å². The van der Waals surface area contributed by atoms with Crippen molar-refractivity contribution in [1.82, 2.24) is 20.4 Å². The first-order valence-electron chi connectivity index (χ1n) is 8.59. The highest BCUT2D eigenvalue weighted by Crippen LogP contribution is 2.19. The van der Waals surface area contributed by atoms with Gasteiger partial charge < -0.3 is 15.4 Å². The number of hydrogen-bond acceptors (Lipinski definition) is 4. The lowest BCUT2D eigenvalue weighted by atomic mass is 10.1. The van der Waals surface area contributed by atoms with Gasteiger partial charge in [0.2, 0.25) is 0 Å². The summed E-state index contributed by atoms with van der Waals surface area (Å²) in [5.74, 6) is 0.927. The maximum atomic E-state index is 12.3. The predicted molar refractivity (Wildman–Crippen MR) is 104 cm³/mol. The monoisotopic (exact) mass is 379 g/mol. The van der Waals surface area contributed by atoms with Crippen molar-refractivity contribution >= 4 is 24.3 Å². The van der Waals surface area contributed by atoms with Crippen molar-refractivity contribution in [3.05, 3.63) is 41.6 Å². The second-order valence-corrected chi connectivity index (χ2v) is 6.35. The van der Waals surface area contributed by atoms with Gasteiger partial charge in [0.25, 0.3) is 0 Å². The number of rotatable bonds is 4. The number of carbonyl (C=O) groups is 1. The smallest absolute Gasteiger partial charge is 0.320 e. The number of benzene rings is 1. The number of para-hydroxylation sites is 1. The van der Waals surface area contributed by atoms with Crippen molar-refractivity contribution in [1.29, 1.82) is 0 Å². The van der Waals surface area contributed by atoms with Crippen molar-refractivity contribution in [2.45, 2.75) is 13.8 Å². The van der Waals surface area contributed by atoms with E-state index in [4.69, 9.17) is 4.74 Å². The molecule has 2 heterocycles. The number of nitrogens with zero attached hydrogens (tertiary/aromatic N) is 2. The lowest BCUT2D eigenvalue weighted by Crippen LogP contribution is -2.37. The Morgan fingerprint density at radius 2 is 2.19 bits per heavy atom. The zero-order valence-corrected chi connectivity index (χ0v) is 15.9. The molecule has 26 heavy (non-hydrogen) atoms. The molecule has 8 heteroatoms. The van der Waals surface area contributed by atoms with Crippen LogP contribution in [0.3, 0.4) is 0 Å². The van der Waals surface area contributed by atoms with Gasteiger partial charge in [0.1, 0.15) is 5.82 Å². The SMILES string of the molecule is Cc1cc(NC(=O)NCC2CNCCOC2)n(-c2ccccc2C)n1.Cl. The van der Waals surface area contributed by atoms with Crippen LogP contribution in [0.5, 0.6) is 0 Å². The highest BCUT2D eigenvalue weighted by molar-refractivity contribution is 5.88. The fourth-order valence-corrected chi connectivity index (χ4v) is 2.86. The molecule has 1 atom stereocenters. The molecule has 0 saturated carbocycles. The minimum Gasteiger partial charge on any atom is -0.380 e. The molecule has 1 fully saturated rings. The molecular formula is C18H26ClN5O2. The Morgan fingerprint density at radius 1 is 1.38 bits per heavy atom. The molecule has 3 rings (SSSR count). The van der Waals surface area contributed by atoms with Crippen LogP contribution >= 0.6 is 12.4 Å². The fraction of sp³-hybridized carbons (Fsp3) is 0.444. The van der Waals surface area contributed by atoms with Crippen molar-refractivity contribution < 1.29 is 9.53 Å². The summed E-state index contributed by atoms with van der Waals surface area (Å²) >= 11 is 0. The van der Waals surface area contributed by atoms with Gasteiger partial charge in [-0.25, -0.2) is 9.48 Å². The third-order valence-electron chi connectivity index (χ3n) is 4.18. The van der Waals surface area contributed by atoms with Crippen LogP contribution in [0.1, 0.15) is 11.3 Å². The molecule has 7 nitrogen and oxygen atoms in total. The van der Waals surface area contributed by atoms with Gasteiger partial charge in [0, 0.05) is 31.6 Å². The molecule has 2 aromatic rings. The maximum absolute atomic E-state index is 12.3. The Hall–Kier alpha value is -2.09. The molecule has 3 N–H and O–H groups in total. The summed E-state index contributed by atoms with van der Waals surface area (Å²) in [6, 6.07) is 9.58. The van der Waals surface area contributed by atoms with Crippen molar-refractivity contribution in [2.24, 2.45) is 5.92 Å². The van der Waals surface area contributed by atoms with E-state index in [0.717, 1.165) is 36.6 Å². The van der Waals surface area contributed by atoms with Gasteiger partial charge in [-0.1, -0.05) is 18.2 Å². The van der Waals surface area contributed by atoms with E-state index < -0.39 is 0 Å². The quantitative estimate of drug-likeness (QED) is 0.761. The number of nitrogens with one attached hydrogen (secondary N) is 3. The largest absolute Gasteiger partial charge is 0.380 e. The van der Waals surface area contributed by atoms with Gasteiger partial charge in [-0.05, 0) is 25.5 Å². The third-order valence-corrected chi connectivity index (χ3v) is 4.18. The first-order chi connectivity index (χ1) is 12.1. The van der Waals surface area contributed by atoms with E-state index in [9.17, 15) is 4.79 Å². The minimum atomic E-state index is -0.237. The van der Waals surface area contributed by atoms with Gasteiger partial charge in [-0.15, -0.1) is 12.4 Å². The topological polar surface area (TPSA) is 80.2 Å². The fourth-order valence-electron chi connectivity index (χ4n) is 2.86. The maximum Gasteiger partial charge on any atom is 0.320 e. The first-order valence-corrected chi connectivity index (χ1v) is 8.59. The number of halogens is 1. The highest BCUT2D eigenvalue weighted by atomic mass is 35.5. The van der Waals surface area contributed by atoms with Crippen LogP contribution < -0.4 is 16.0 Å². The van der Waals surface area contributed by atoms with E-state index in [-0.39, 0.29) is 24.4 Å². The lowest BCUT2D eigenvalue weighted by Gasteiger charge is -2.15. The molecule has 0 spiro atoms. The molecule has 142 valence electrons. The van der Waals surface area contributed by atoms with Gasteiger partial charge in [-0.3, -0.25) is 5.32 Å². The Kier molecular flexibility index (Phi) is 7.44. The average Bonchev–Trinajstić information content (AvgIpc) is 2.80. The minimum absolute atomic E-state index is 0. The highest BCUT2D eigenvalue weighted by Gasteiger charge is 2.15. The Bertz CT molecular complexity index is 726. The number of aryl methyl sites for hydroxylation is 2. The summed E-state index contributed by atoms with van der Waals surface area (Å²) in [5, 5.41) is 13.6. The van der Waals surface area contributed by atoms with Crippen LogP contribution in [-0.2, 0) is 4.74 Å². The molecule has 2 amide bonds. The average molecular weight is 380 g/mol. The van der Waals surface area contributed by atoms with Gasteiger partial charge in [0.05, 0.1) is 24.6 Å². The Labute approximate surface area is 159 Å². The summed E-state index contributed by atoms with van der Waals surface area (Å²) in [4.78, 5) is 12.3. The molecule has 1 aliphatic rings. The Balaban J connectivity index is 0.00000243. The number of urea groups is 1. The van der Waals surface area contributed by atoms with E-state index in [0.29, 0.717) is 19.0 Å². The number of aromatic nitrogens is 2. The van der Waals surface area contributed by atoms with Crippen molar-refractivity contribution in [3.63, 3.8) is 0 Å². The summed E-state index contributed by atoms with van der Waals surface area (Å²) in [6.45, 7) is 7.58. The van der Waals surface area contributed by atoms with Crippen LogP contribution in [0.15, 0.2) is 30.3 Å². The second kappa shape index (κ2) is 9.56. The van der Waals surface area contributed by atoms with Gasteiger partial charge >= 0.3 is 6.03 Å². The van der Waals surface area contributed by atoms with Crippen molar-refractivity contribution in [2.75, 3.05) is 38.2 Å². The standard InChI is InChI=1S/C18H25N5O2.ClH/c1-13-5-3-4-6-16(13)23-17(9-14(2)22-23)21-18(24)20-11-15-10-19-7-8-25-12-15;/h3-6,9,15,19H,7-8,10-12H2,1-2H3,(H2,20,21,24);1H. The van der Waals surface area contributed by atoms with E-state index in [1.165, 1.54) is 0 Å². The van der Waals surface area contributed by atoms with Crippen LogP contribution in [0.2, 0.25) is 0 Å². The number of carbonyl (C=O) groups excluding carboxylic acids is 1. The van der Waals surface area contributed by atoms with Crippen LogP contribution in [-0.4, -0.2) is 48.7 Å². The second-order valence-electron chi connectivity index (χ2n) is 6.35. The molecule has 0 aliphatic carbocycles. The summed E-state index contributed by atoms with van der Waals surface area (Å²) in [6.07, 6.45) is 0. The summed E-state index contributed by atoms with van der Waals surface area (Å²) < 4.78 is 7.27. The third kappa shape index (κ3) is 5.20.